The standard InChI is InChI=1S/C7H14S2/c1-7(2,3)5-4-6(8)9/h4-5H2,1-3H3,(H,8,9). The fourth-order valence-electron chi connectivity index (χ4n) is 0.482. The Morgan fingerprint density at radius 2 is 1.89 bits per heavy atom. The molecule has 0 saturated carbocycles. The van der Waals surface area contributed by atoms with Gasteiger partial charge in [-0.15, -0.1) is 12.6 Å². The molecule has 0 radical (unpaired) electrons. The molecule has 0 unspecified atom stereocenters. The summed E-state index contributed by atoms with van der Waals surface area (Å²) < 4.78 is 0.824. The van der Waals surface area contributed by atoms with Crippen molar-refractivity contribution in [2.75, 3.05) is 0 Å². The van der Waals surface area contributed by atoms with Gasteiger partial charge in [-0.05, 0) is 18.3 Å². The lowest BCUT2D eigenvalue weighted by Gasteiger charge is -2.16. The summed E-state index contributed by atoms with van der Waals surface area (Å²) in [4.78, 5) is 0. The summed E-state index contributed by atoms with van der Waals surface area (Å²) in [5.74, 6) is 0. The van der Waals surface area contributed by atoms with Crippen molar-refractivity contribution in [2.45, 2.75) is 33.6 Å². The zero-order valence-corrected chi connectivity index (χ0v) is 7.98. The monoisotopic (exact) mass is 162 g/mol. The topological polar surface area (TPSA) is 0 Å². The Bertz CT molecular complexity index is 100.0. The molecule has 2 heteroatoms. The van der Waals surface area contributed by atoms with Crippen LogP contribution in [0.1, 0.15) is 33.6 Å². The third kappa shape index (κ3) is 8.44. The Hall–Kier alpha value is 0.440. The Morgan fingerprint density at radius 1 is 1.44 bits per heavy atom. The third-order valence-electron chi connectivity index (χ3n) is 1.09. The zero-order valence-electron chi connectivity index (χ0n) is 6.27. The summed E-state index contributed by atoms with van der Waals surface area (Å²) in [6, 6.07) is 0. The van der Waals surface area contributed by atoms with E-state index in [9.17, 15) is 0 Å². The van der Waals surface area contributed by atoms with Gasteiger partial charge in [-0.25, -0.2) is 0 Å². The van der Waals surface area contributed by atoms with Gasteiger partial charge >= 0.3 is 0 Å². The first kappa shape index (κ1) is 9.44. The molecular formula is C7H14S2. The first-order valence-electron chi connectivity index (χ1n) is 3.13. The van der Waals surface area contributed by atoms with Crippen LogP contribution in [0, 0.1) is 5.41 Å². The summed E-state index contributed by atoms with van der Waals surface area (Å²) in [5, 5.41) is 0. The van der Waals surface area contributed by atoms with Crippen molar-refractivity contribution < 1.29 is 0 Å². The van der Waals surface area contributed by atoms with Crippen LogP contribution in [0.5, 0.6) is 0 Å². The average molecular weight is 162 g/mol. The molecule has 9 heavy (non-hydrogen) atoms. The molecule has 0 N–H and O–H groups in total. The summed E-state index contributed by atoms with van der Waals surface area (Å²) in [5.41, 5.74) is 0.396. The van der Waals surface area contributed by atoms with E-state index in [1.165, 1.54) is 0 Å². The van der Waals surface area contributed by atoms with Crippen molar-refractivity contribution >= 4 is 29.0 Å². The molecule has 0 spiro atoms. The average Bonchev–Trinajstić information content (AvgIpc) is 1.59. The van der Waals surface area contributed by atoms with Gasteiger partial charge in [0.25, 0.3) is 0 Å². The van der Waals surface area contributed by atoms with Crippen LogP contribution in [0.15, 0.2) is 0 Å². The Kier molecular flexibility index (Phi) is 3.74. The second-order valence-corrected chi connectivity index (χ2v) is 4.79. The molecule has 0 nitrogen and oxygen atoms in total. The maximum absolute atomic E-state index is 4.83. The molecule has 0 aromatic rings. The van der Waals surface area contributed by atoms with Crippen LogP contribution in [-0.4, -0.2) is 4.20 Å². The highest BCUT2D eigenvalue weighted by molar-refractivity contribution is 8.11. The number of thiocarbonyl (C=S) groups is 1. The lowest BCUT2D eigenvalue weighted by molar-refractivity contribution is 0.387. The van der Waals surface area contributed by atoms with E-state index < -0.39 is 0 Å². The summed E-state index contributed by atoms with van der Waals surface area (Å²) in [6.07, 6.45) is 2.09. The highest BCUT2D eigenvalue weighted by Crippen LogP contribution is 2.21. The van der Waals surface area contributed by atoms with E-state index in [1.54, 1.807) is 0 Å². The predicted octanol–water partition coefficient (Wildman–Crippen LogP) is 3.07. The molecule has 0 aliphatic heterocycles. The number of thiol groups is 1. The molecule has 0 heterocycles. The van der Waals surface area contributed by atoms with E-state index in [2.05, 4.69) is 33.4 Å². The Morgan fingerprint density at radius 3 is 2.00 bits per heavy atom. The van der Waals surface area contributed by atoms with Crippen LogP contribution < -0.4 is 0 Å². The Labute approximate surface area is 68.4 Å². The van der Waals surface area contributed by atoms with E-state index >= 15 is 0 Å². The van der Waals surface area contributed by atoms with Gasteiger partial charge in [0.15, 0.2) is 0 Å². The van der Waals surface area contributed by atoms with Gasteiger partial charge < -0.3 is 0 Å². The van der Waals surface area contributed by atoms with Crippen molar-refractivity contribution in [2.24, 2.45) is 5.41 Å². The van der Waals surface area contributed by atoms with E-state index in [-0.39, 0.29) is 0 Å². The minimum absolute atomic E-state index is 0.396. The summed E-state index contributed by atoms with van der Waals surface area (Å²) in [6.45, 7) is 6.62. The second-order valence-electron chi connectivity index (χ2n) is 3.45. The highest BCUT2D eigenvalue weighted by Gasteiger charge is 2.09. The van der Waals surface area contributed by atoms with E-state index in [0.29, 0.717) is 5.41 Å². The molecule has 0 rings (SSSR count). The van der Waals surface area contributed by atoms with Gasteiger partial charge in [-0.1, -0.05) is 33.0 Å². The molecule has 0 aliphatic rings. The Balaban J connectivity index is 3.39. The lowest BCUT2D eigenvalue weighted by Crippen LogP contribution is -2.05. The van der Waals surface area contributed by atoms with Crippen molar-refractivity contribution in [1.82, 2.24) is 0 Å². The van der Waals surface area contributed by atoms with Crippen LogP contribution in [0.2, 0.25) is 0 Å². The van der Waals surface area contributed by atoms with E-state index in [4.69, 9.17) is 12.2 Å². The second kappa shape index (κ2) is 3.57. The molecule has 0 fully saturated rings. The molecule has 0 aromatic heterocycles. The number of hydrogen-bond donors (Lipinski definition) is 1. The fraction of sp³-hybridized carbons (Fsp3) is 0.857. The predicted molar refractivity (Wildman–Crippen MR) is 50.3 cm³/mol. The van der Waals surface area contributed by atoms with Gasteiger partial charge in [0.1, 0.15) is 0 Å². The molecule has 0 atom stereocenters. The smallest absolute Gasteiger partial charge is 0.0448 e. The SMILES string of the molecule is CC(C)(C)CCC(=S)S. The quantitative estimate of drug-likeness (QED) is 0.481. The van der Waals surface area contributed by atoms with Crippen LogP contribution in [0.25, 0.3) is 0 Å². The van der Waals surface area contributed by atoms with Gasteiger partial charge in [0.05, 0.1) is 0 Å². The first-order valence-corrected chi connectivity index (χ1v) is 3.99. The first-order chi connectivity index (χ1) is 3.92. The van der Waals surface area contributed by atoms with Crippen LogP contribution >= 0.6 is 24.8 Å². The summed E-state index contributed by atoms with van der Waals surface area (Å²) >= 11 is 8.87. The maximum Gasteiger partial charge on any atom is 0.0448 e. The van der Waals surface area contributed by atoms with Crippen molar-refractivity contribution in [3.8, 4) is 0 Å². The van der Waals surface area contributed by atoms with E-state index in [0.717, 1.165) is 17.0 Å². The number of rotatable bonds is 2. The van der Waals surface area contributed by atoms with Crippen molar-refractivity contribution in [1.29, 1.82) is 0 Å². The van der Waals surface area contributed by atoms with Gasteiger partial charge in [-0.3, -0.25) is 0 Å². The maximum atomic E-state index is 4.83. The molecule has 0 aromatic carbocycles. The van der Waals surface area contributed by atoms with Crippen molar-refractivity contribution in [3.63, 3.8) is 0 Å². The number of hydrogen-bond acceptors (Lipinski definition) is 1. The van der Waals surface area contributed by atoms with Crippen LogP contribution in [-0.2, 0) is 0 Å². The zero-order chi connectivity index (χ0) is 7.49. The van der Waals surface area contributed by atoms with Gasteiger partial charge in [-0.2, -0.15) is 0 Å². The fourth-order valence-corrected chi connectivity index (χ4v) is 0.696. The molecular weight excluding hydrogens is 148 g/mol. The van der Waals surface area contributed by atoms with Gasteiger partial charge in [0, 0.05) is 4.20 Å². The molecule has 0 saturated heterocycles. The largest absolute Gasteiger partial charge is 0.136 e. The molecule has 0 aliphatic carbocycles. The van der Waals surface area contributed by atoms with E-state index in [1.807, 2.05) is 0 Å². The van der Waals surface area contributed by atoms with Crippen LogP contribution in [0.3, 0.4) is 0 Å². The summed E-state index contributed by atoms with van der Waals surface area (Å²) in [7, 11) is 0. The van der Waals surface area contributed by atoms with Gasteiger partial charge in [0.2, 0.25) is 0 Å². The van der Waals surface area contributed by atoms with Crippen LogP contribution in [0.4, 0.5) is 0 Å². The van der Waals surface area contributed by atoms with Crippen molar-refractivity contribution in [3.05, 3.63) is 0 Å². The highest BCUT2D eigenvalue weighted by atomic mass is 32.1. The minimum Gasteiger partial charge on any atom is -0.136 e. The molecule has 0 amide bonds. The molecule has 54 valence electrons. The lowest BCUT2D eigenvalue weighted by atomic mass is 9.91. The molecule has 0 bridgehead atoms. The minimum atomic E-state index is 0.396. The third-order valence-corrected chi connectivity index (χ3v) is 1.52. The normalized spacial score (nSPS) is 11.6.